The summed E-state index contributed by atoms with van der Waals surface area (Å²) in [5, 5.41) is 6.42. The Morgan fingerprint density at radius 2 is 1.79 bits per heavy atom. The number of ether oxygens (including phenoxy) is 1. The maximum Gasteiger partial charge on any atom is 0.255 e. The first-order valence-electron chi connectivity index (χ1n) is 11.1. The first kappa shape index (κ1) is 20.8. The van der Waals surface area contributed by atoms with Crippen LogP contribution in [0.25, 0.3) is 11.0 Å². The van der Waals surface area contributed by atoms with Crippen molar-refractivity contribution in [3.63, 3.8) is 0 Å². The van der Waals surface area contributed by atoms with Gasteiger partial charge in [-0.15, -0.1) is 0 Å². The average Bonchev–Trinajstić information content (AvgIpc) is 3.21. The van der Waals surface area contributed by atoms with E-state index in [9.17, 15) is 4.79 Å². The van der Waals surface area contributed by atoms with Crippen LogP contribution in [0.15, 0.2) is 84.1 Å². The van der Waals surface area contributed by atoms with E-state index in [2.05, 4.69) is 46.4 Å². The molecule has 6 heteroatoms. The van der Waals surface area contributed by atoms with Crippen molar-refractivity contribution in [2.45, 2.75) is 26.3 Å². The number of carbonyl (C=O) groups is 1. The van der Waals surface area contributed by atoms with Crippen LogP contribution in [0.3, 0.4) is 0 Å². The number of aromatic nitrogens is 2. The van der Waals surface area contributed by atoms with Crippen LogP contribution in [0.2, 0.25) is 0 Å². The molecule has 1 aliphatic heterocycles. The fraction of sp³-hybridized carbons (Fsp3) is 0.185. The minimum absolute atomic E-state index is 0.154. The van der Waals surface area contributed by atoms with Gasteiger partial charge in [-0.1, -0.05) is 43.3 Å². The fourth-order valence-corrected chi connectivity index (χ4v) is 4.38. The lowest BCUT2D eigenvalue weighted by atomic mass is 9.93. The summed E-state index contributed by atoms with van der Waals surface area (Å²) < 4.78 is 7.35. The molecule has 0 radical (unpaired) electrons. The second-order valence-electron chi connectivity index (χ2n) is 8.14. The van der Waals surface area contributed by atoms with E-state index in [1.807, 2.05) is 55.5 Å². The number of para-hydroxylation sites is 2. The first-order valence-corrected chi connectivity index (χ1v) is 11.1. The van der Waals surface area contributed by atoms with E-state index in [0.717, 1.165) is 40.4 Å². The molecule has 33 heavy (non-hydrogen) atoms. The second kappa shape index (κ2) is 8.47. The Morgan fingerprint density at radius 1 is 1.06 bits per heavy atom. The fourth-order valence-electron chi connectivity index (χ4n) is 4.38. The topological polar surface area (TPSA) is 68.2 Å². The van der Waals surface area contributed by atoms with Crippen molar-refractivity contribution in [1.82, 2.24) is 9.55 Å². The molecule has 0 bridgehead atoms. The molecule has 1 aromatic heterocycles. The van der Waals surface area contributed by atoms with Crippen LogP contribution in [0.4, 0.5) is 11.6 Å². The zero-order valence-electron chi connectivity index (χ0n) is 18.9. The molecular formula is C27H26N4O2. The van der Waals surface area contributed by atoms with Crippen LogP contribution in [0.5, 0.6) is 5.75 Å². The van der Waals surface area contributed by atoms with Crippen LogP contribution in [-0.4, -0.2) is 22.6 Å². The maximum atomic E-state index is 13.6. The molecule has 3 aromatic carbocycles. The Labute approximate surface area is 192 Å². The maximum absolute atomic E-state index is 13.6. The van der Waals surface area contributed by atoms with Crippen LogP contribution in [-0.2, 0) is 11.2 Å². The molecule has 0 aliphatic carbocycles. The molecule has 6 nitrogen and oxygen atoms in total. The van der Waals surface area contributed by atoms with Crippen molar-refractivity contribution in [3.05, 3.63) is 95.2 Å². The predicted octanol–water partition coefficient (Wildman–Crippen LogP) is 5.53. The molecule has 1 atom stereocenters. The zero-order valence-corrected chi connectivity index (χ0v) is 18.9. The number of carbonyl (C=O) groups excluding carboxylic acids is 1. The van der Waals surface area contributed by atoms with Gasteiger partial charge >= 0.3 is 0 Å². The average molecular weight is 439 g/mol. The highest BCUT2D eigenvalue weighted by molar-refractivity contribution is 6.06. The smallest absolute Gasteiger partial charge is 0.255 e. The largest absolute Gasteiger partial charge is 0.497 e. The van der Waals surface area contributed by atoms with Gasteiger partial charge in [0.1, 0.15) is 5.75 Å². The highest BCUT2D eigenvalue weighted by atomic mass is 16.5. The van der Waals surface area contributed by atoms with Crippen LogP contribution < -0.4 is 15.4 Å². The minimum atomic E-state index is -0.308. The number of aryl methyl sites for hydroxylation is 1. The van der Waals surface area contributed by atoms with Crippen molar-refractivity contribution in [1.29, 1.82) is 0 Å². The number of anilines is 2. The molecule has 0 fully saturated rings. The van der Waals surface area contributed by atoms with Crippen molar-refractivity contribution >= 4 is 28.6 Å². The minimum Gasteiger partial charge on any atom is -0.497 e. The highest BCUT2D eigenvalue weighted by Crippen LogP contribution is 2.39. The summed E-state index contributed by atoms with van der Waals surface area (Å²) in [5.41, 5.74) is 6.32. The number of nitrogens with zero attached hydrogens (tertiary/aromatic N) is 2. The van der Waals surface area contributed by atoms with Crippen molar-refractivity contribution in [2.24, 2.45) is 0 Å². The number of benzene rings is 3. The third-order valence-corrected chi connectivity index (χ3v) is 6.13. The number of imidazole rings is 1. The first-order chi connectivity index (χ1) is 16.1. The van der Waals surface area contributed by atoms with Gasteiger partial charge in [0.05, 0.1) is 29.8 Å². The van der Waals surface area contributed by atoms with E-state index in [-0.39, 0.29) is 11.9 Å². The van der Waals surface area contributed by atoms with Gasteiger partial charge in [0.15, 0.2) is 0 Å². The van der Waals surface area contributed by atoms with Crippen LogP contribution in [0.1, 0.15) is 31.0 Å². The normalized spacial score (nSPS) is 15.2. The third-order valence-electron chi connectivity index (χ3n) is 6.13. The molecule has 2 heterocycles. The highest BCUT2D eigenvalue weighted by Gasteiger charge is 2.34. The zero-order chi connectivity index (χ0) is 22.9. The van der Waals surface area contributed by atoms with Gasteiger partial charge < -0.3 is 15.4 Å². The van der Waals surface area contributed by atoms with E-state index in [1.165, 1.54) is 5.56 Å². The Bertz CT molecular complexity index is 1350. The van der Waals surface area contributed by atoms with Gasteiger partial charge in [0, 0.05) is 11.4 Å². The van der Waals surface area contributed by atoms with Gasteiger partial charge in [-0.05, 0) is 60.9 Å². The van der Waals surface area contributed by atoms with Crippen LogP contribution >= 0.6 is 0 Å². The molecule has 0 spiro atoms. The molecule has 2 N–H and O–H groups in total. The van der Waals surface area contributed by atoms with Crippen LogP contribution in [0, 0.1) is 0 Å². The number of methoxy groups -OCH3 is 1. The van der Waals surface area contributed by atoms with Gasteiger partial charge in [-0.2, -0.15) is 0 Å². The van der Waals surface area contributed by atoms with E-state index in [4.69, 9.17) is 9.72 Å². The van der Waals surface area contributed by atoms with Crippen molar-refractivity contribution in [2.75, 3.05) is 17.7 Å². The van der Waals surface area contributed by atoms with Crippen molar-refractivity contribution in [3.8, 4) is 5.75 Å². The SMILES string of the molecule is CCc1ccc([C@H]2C(C(=O)Nc3ccc(OC)cc3)=C(C)Nc3nc4ccccc4n32)cc1. The molecule has 0 unspecified atom stereocenters. The molecule has 1 amide bonds. The number of amides is 1. The summed E-state index contributed by atoms with van der Waals surface area (Å²) in [6.07, 6.45) is 0.964. The Hall–Kier alpha value is -4.06. The number of allylic oxidation sites excluding steroid dienone is 1. The summed E-state index contributed by atoms with van der Waals surface area (Å²) in [6, 6.07) is 23.5. The number of fused-ring (bicyclic) bond motifs is 3. The molecule has 5 rings (SSSR count). The number of nitrogens with one attached hydrogen (secondary N) is 2. The van der Waals surface area contributed by atoms with Gasteiger partial charge in [-0.3, -0.25) is 9.36 Å². The predicted molar refractivity (Wildman–Crippen MR) is 132 cm³/mol. The van der Waals surface area contributed by atoms with E-state index >= 15 is 0 Å². The lowest BCUT2D eigenvalue weighted by molar-refractivity contribution is -0.113. The van der Waals surface area contributed by atoms with Gasteiger partial charge in [-0.25, -0.2) is 4.98 Å². The molecule has 0 saturated carbocycles. The number of hydrogen-bond acceptors (Lipinski definition) is 4. The quantitative estimate of drug-likeness (QED) is 0.430. The van der Waals surface area contributed by atoms with Gasteiger partial charge in [0.25, 0.3) is 5.91 Å². The summed E-state index contributed by atoms with van der Waals surface area (Å²) in [7, 11) is 1.62. The molecular weight excluding hydrogens is 412 g/mol. The van der Waals surface area contributed by atoms with Gasteiger partial charge in [0.2, 0.25) is 5.95 Å². The Balaban J connectivity index is 1.61. The second-order valence-corrected chi connectivity index (χ2v) is 8.14. The summed E-state index contributed by atoms with van der Waals surface area (Å²) in [5.74, 6) is 1.32. The van der Waals surface area contributed by atoms with E-state index < -0.39 is 0 Å². The number of rotatable bonds is 5. The summed E-state index contributed by atoms with van der Waals surface area (Å²) in [6.45, 7) is 4.07. The third kappa shape index (κ3) is 3.74. The molecule has 166 valence electrons. The van der Waals surface area contributed by atoms with Crippen molar-refractivity contribution < 1.29 is 9.53 Å². The standard InChI is InChI=1S/C27H26N4O2/c1-4-18-9-11-19(12-10-18)25-24(26(32)29-20-13-15-21(33-3)16-14-20)17(2)28-27-30-22-7-5-6-8-23(22)31(25)27/h5-16,25H,4H2,1-3H3,(H,28,30)(H,29,32)/t25-/m0/s1. The molecule has 0 saturated heterocycles. The summed E-state index contributed by atoms with van der Waals surface area (Å²) >= 11 is 0. The lowest BCUT2D eigenvalue weighted by Crippen LogP contribution is -2.30. The lowest BCUT2D eigenvalue weighted by Gasteiger charge is -2.31. The van der Waals surface area contributed by atoms with E-state index in [0.29, 0.717) is 11.3 Å². The Kier molecular flexibility index (Phi) is 5.34. The molecule has 4 aromatic rings. The monoisotopic (exact) mass is 438 g/mol. The van der Waals surface area contributed by atoms with E-state index in [1.54, 1.807) is 7.11 Å². The summed E-state index contributed by atoms with van der Waals surface area (Å²) in [4.78, 5) is 18.4. The Morgan fingerprint density at radius 3 is 2.48 bits per heavy atom. The molecule has 1 aliphatic rings. The number of hydrogen-bond donors (Lipinski definition) is 2.